The van der Waals surface area contributed by atoms with Crippen LogP contribution in [0.3, 0.4) is 0 Å². The molecule has 1 unspecified atom stereocenters. The molecule has 1 rings (SSSR count). The van der Waals surface area contributed by atoms with Gasteiger partial charge in [-0.2, -0.15) is 0 Å². The largest absolute Gasteiger partial charge is 0.325 e. The first kappa shape index (κ1) is 12.3. The summed E-state index contributed by atoms with van der Waals surface area (Å²) in [5, 5.41) is 0. The molecule has 0 bridgehead atoms. The minimum atomic E-state index is 0.214. The van der Waals surface area contributed by atoms with Crippen molar-refractivity contribution < 1.29 is 4.79 Å². The molecule has 88 valence electrons. The Balaban J connectivity index is 2.49. The van der Waals surface area contributed by atoms with E-state index in [9.17, 15) is 4.79 Å². The normalized spacial score (nSPS) is 19.5. The summed E-state index contributed by atoms with van der Waals surface area (Å²) in [6.07, 6.45) is 5.91. The van der Waals surface area contributed by atoms with E-state index in [-0.39, 0.29) is 6.03 Å². The Morgan fingerprint density at radius 3 is 2.27 bits per heavy atom. The van der Waals surface area contributed by atoms with Gasteiger partial charge in [0.25, 0.3) is 0 Å². The van der Waals surface area contributed by atoms with Gasteiger partial charge in [-0.15, -0.1) is 0 Å². The van der Waals surface area contributed by atoms with E-state index in [1.54, 1.807) is 0 Å². The van der Waals surface area contributed by atoms with Gasteiger partial charge < -0.3 is 9.80 Å². The van der Waals surface area contributed by atoms with Gasteiger partial charge in [0.15, 0.2) is 0 Å². The summed E-state index contributed by atoms with van der Waals surface area (Å²) in [6.45, 7) is 6.12. The van der Waals surface area contributed by atoms with Crippen molar-refractivity contribution >= 4 is 6.03 Å². The molecule has 1 aliphatic heterocycles. The second-order valence-corrected chi connectivity index (χ2v) is 4.55. The van der Waals surface area contributed by atoms with Crippen LogP contribution in [0.2, 0.25) is 0 Å². The van der Waals surface area contributed by atoms with E-state index in [2.05, 4.69) is 13.8 Å². The zero-order valence-electron chi connectivity index (χ0n) is 10.3. The summed E-state index contributed by atoms with van der Waals surface area (Å²) in [5.41, 5.74) is 0. The van der Waals surface area contributed by atoms with Crippen molar-refractivity contribution in [1.29, 1.82) is 0 Å². The average molecular weight is 212 g/mol. The Bertz CT molecular complexity index is 198. The highest BCUT2D eigenvalue weighted by Crippen LogP contribution is 2.12. The predicted molar refractivity (Wildman–Crippen MR) is 63.0 cm³/mol. The lowest BCUT2D eigenvalue weighted by Gasteiger charge is -2.30. The maximum Gasteiger partial charge on any atom is 0.319 e. The minimum absolute atomic E-state index is 0.214. The molecule has 1 aliphatic rings. The third kappa shape index (κ3) is 3.40. The first-order chi connectivity index (χ1) is 7.16. The van der Waals surface area contributed by atoms with E-state index in [4.69, 9.17) is 0 Å². The minimum Gasteiger partial charge on any atom is -0.325 e. The van der Waals surface area contributed by atoms with Crippen molar-refractivity contribution in [3.05, 3.63) is 0 Å². The van der Waals surface area contributed by atoms with Gasteiger partial charge in [-0.3, -0.25) is 0 Å². The number of hydrogen-bond donors (Lipinski definition) is 0. The summed E-state index contributed by atoms with van der Waals surface area (Å²) >= 11 is 0. The summed E-state index contributed by atoms with van der Waals surface area (Å²) in [4.78, 5) is 16.0. The van der Waals surface area contributed by atoms with Crippen LogP contribution in [-0.4, -0.2) is 42.0 Å². The molecule has 0 radical (unpaired) electrons. The van der Waals surface area contributed by atoms with E-state index in [1.165, 1.54) is 25.7 Å². The molecule has 15 heavy (non-hydrogen) atoms. The molecule has 1 saturated heterocycles. The molecular weight excluding hydrogens is 188 g/mol. The zero-order chi connectivity index (χ0) is 11.3. The molecular formula is C12H24N2O. The lowest BCUT2D eigenvalue weighted by atomic mass is 10.2. The van der Waals surface area contributed by atoms with Gasteiger partial charge in [-0.25, -0.2) is 4.79 Å². The van der Waals surface area contributed by atoms with Gasteiger partial charge in [0.05, 0.1) is 0 Å². The van der Waals surface area contributed by atoms with Gasteiger partial charge in [0.2, 0.25) is 0 Å². The third-order valence-electron chi connectivity index (χ3n) is 3.43. The van der Waals surface area contributed by atoms with Gasteiger partial charge in [-0.1, -0.05) is 19.8 Å². The highest BCUT2D eigenvalue weighted by atomic mass is 16.2. The fraction of sp³-hybridized carbons (Fsp3) is 0.917. The fourth-order valence-electron chi connectivity index (χ4n) is 1.95. The molecule has 0 spiro atoms. The molecule has 2 amide bonds. The third-order valence-corrected chi connectivity index (χ3v) is 3.43. The molecule has 0 saturated carbocycles. The zero-order valence-corrected chi connectivity index (χ0v) is 10.3. The molecule has 3 heteroatoms. The van der Waals surface area contributed by atoms with Crippen LogP contribution in [0.15, 0.2) is 0 Å². The van der Waals surface area contributed by atoms with Crippen LogP contribution in [0.1, 0.15) is 46.0 Å². The maximum atomic E-state index is 12.1. The quantitative estimate of drug-likeness (QED) is 0.690. The van der Waals surface area contributed by atoms with Crippen LogP contribution in [0.5, 0.6) is 0 Å². The summed E-state index contributed by atoms with van der Waals surface area (Å²) in [5.74, 6) is 0. The topological polar surface area (TPSA) is 23.6 Å². The van der Waals surface area contributed by atoms with Gasteiger partial charge in [0.1, 0.15) is 0 Å². The van der Waals surface area contributed by atoms with Crippen molar-refractivity contribution in [3.8, 4) is 0 Å². The molecule has 1 atom stereocenters. The van der Waals surface area contributed by atoms with Gasteiger partial charge in [0, 0.05) is 26.2 Å². The van der Waals surface area contributed by atoms with E-state index < -0.39 is 0 Å². The van der Waals surface area contributed by atoms with Gasteiger partial charge in [-0.05, 0) is 26.2 Å². The van der Waals surface area contributed by atoms with Crippen molar-refractivity contribution in [3.63, 3.8) is 0 Å². The summed E-state index contributed by atoms with van der Waals surface area (Å²) in [6, 6.07) is 0.562. The highest BCUT2D eigenvalue weighted by molar-refractivity contribution is 5.74. The second kappa shape index (κ2) is 5.99. The van der Waals surface area contributed by atoms with Crippen LogP contribution in [0.4, 0.5) is 4.79 Å². The predicted octanol–water partition coefficient (Wildman–Crippen LogP) is 2.71. The fourth-order valence-corrected chi connectivity index (χ4v) is 1.95. The van der Waals surface area contributed by atoms with Crippen LogP contribution >= 0.6 is 0 Å². The molecule has 1 fully saturated rings. The monoisotopic (exact) mass is 212 g/mol. The lowest BCUT2D eigenvalue weighted by Crippen LogP contribution is -2.45. The molecule has 0 N–H and O–H groups in total. The van der Waals surface area contributed by atoms with Crippen molar-refractivity contribution in [2.75, 3.05) is 20.1 Å². The first-order valence-electron chi connectivity index (χ1n) is 6.18. The van der Waals surface area contributed by atoms with E-state index >= 15 is 0 Å². The van der Waals surface area contributed by atoms with Crippen LogP contribution in [-0.2, 0) is 0 Å². The highest BCUT2D eigenvalue weighted by Gasteiger charge is 2.21. The summed E-state index contributed by atoms with van der Waals surface area (Å²) < 4.78 is 0. The molecule has 0 aromatic rings. The van der Waals surface area contributed by atoms with Gasteiger partial charge >= 0.3 is 6.03 Å². The molecule has 0 aromatic carbocycles. The second-order valence-electron chi connectivity index (χ2n) is 4.55. The molecule has 1 heterocycles. The van der Waals surface area contributed by atoms with Crippen LogP contribution in [0.25, 0.3) is 0 Å². The Hall–Kier alpha value is -0.730. The van der Waals surface area contributed by atoms with Crippen LogP contribution in [0, 0.1) is 0 Å². The number of likely N-dealkylation sites (tertiary alicyclic amines) is 1. The number of urea groups is 1. The molecule has 0 aromatic heterocycles. The molecule has 3 nitrogen and oxygen atoms in total. The average Bonchev–Trinajstić information content (AvgIpc) is 2.54. The number of carbonyl (C=O) groups excluding carboxylic acids is 1. The number of rotatable bonds is 2. The Morgan fingerprint density at radius 1 is 1.27 bits per heavy atom. The van der Waals surface area contributed by atoms with E-state index in [0.717, 1.165) is 19.5 Å². The van der Waals surface area contributed by atoms with Crippen molar-refractivity contribution in [1.82, 2.24) is 9.80 Å². The van der Waals surface area contributed by atoms with E-state index in [0.29, 0.717) is 6.04 Å². The Kier molecular flexibility index (Phi) is 4.92. The number of carbonyl (C=O) groups is 1. The number of amides is 2. The lowest BCUT2D eigenvalue weighted by molar-refractivity contribution is 0.150. The summed E-state index contributed by atoms with van der Waals surface area (Å²) in [7, 11) is 1.92. The van der Waals surface area contributed by atoms with Crippen molar-refractivity contribution in [2.24, 2.45) is 0 Å². The number of hydrogen-bond acceptors (Lipinski definition) is 1. The molecule has 0 aliphatic carbocycles. The van der Waals surface area contributed by atoms with Crippen molar-refractivity contribution in [2.45, 2.75) is 52.0 Å². The Morgan fingerprint density at radius 2 is 1.80 bits per heavy atom. The number of nitrogens with zero attached hydrogens (tertiary/aromatic N) is 2. The maximum absolute atomic E-state index is 12.1. The first-order valence-corrected chi connectivity index (χ1v) is 6.18. The SMILES string of the molecule is CCC(C)N(C)C(=O)N1CCCCCC1. The standard InChI is InChI=1S/C12H24N2O/c1-4-11(2)13(3)12(15)14-9-7-5-6-8-10-14/h11H,4-10H2,1-3H3. The van der Waals surface area contributed by atoms with E-state index in [1.807, 2.05) is 16.8 Å². The van der Waals surface area contributed by atoms with Crippen LogP contribution < -0.4 is 0 Å². The Labute approximate surface area is 93.4 Å². The smallest absolute Gasteiger partial charge is 0.319 e.